The first-order valence-electron chi connectivity index (χ1n) is 7.00. The summed E-state index contributed by atoms with van der Waals surface area (Å²) in [7, 11) is -1.60. The molecule has 1 saturated heterocycles. The fourth-order valence-corrected chi connectivity index (χ4v) is 2.36. The van der Waals surface area contributed by atoms with Gasteiger partial charge in [-0.2, -0.15) is 0 Å². The van der Waals surface area contributed by atoms with Crippen molar-refractivity contribution in [3.05, 3.63) is 11.6 Å². The fraction of sp³-hybridized carbons (Fsp3) is 0.647. The van der Waals surface area contributed by atoms with Crippen molar-refractivity contribution in [2.75, 3.05) is 6.61 Å². The van der Waals surface area contributed by atoms with Crippen LogP contribution in [0.2, 0.25) is 18.1 Å². The minimum absolute atomic E-state index is 0.177. The Morgan fingerprint density at radius 2 is 1.95 bits per heavy atom. The molecule has 0 aromatic rings. The van der Waals surface area contributed by atoms with Crippen molar-refractivity contribution in [1.29, 1.82) is 0 Å². The molecule has 0 bridgehead atoms. The van der Waals surface area contributed by atoms with Gasteiger partial charge in [-0.05, 0) is 18.9 Å². The second kappa shape index (κ2) is 5.78. The van der Waals surface area contributed by atoms with E-state index in [9.17, 15) is 0 Å². The minimum Gasteiger partial charge on any atom is -0.347 e. The van der Waals surface area contributed by atoms with Crippen LogP contribution in [0.25, 0.3) is 0 Å². The Bertz CT molecular complexity index is 490. The molecule has 0 saturated carbocycles. The molecule has 1 aliphatic heterocycles. The minimum atomic E-state index is -1.60. The Morgan fingerprint density at radius 3 is 2.35 bits per heavy atom. The van der Waals surface area contributed by atoms with Crippen LogP contribution in [0.4, 0.5) is 0 Å². The zero-order chi connectivity index (χ0) is 15.6. The molecule has 1 heterocycles. The van der Waals surface area contributed by atoms with Crippen molar-refractivity contribution < 1.29 is 9.47 Å². The van der Waals surface area contributed by atoms with E-state index in [1.165, 1.54) is 0 Å². The average molecular weight is 290 g/mol. The SMILES string of the molecule is C#C/C(=C/C#C[Si](C)(C)C(C)(C)C)[C@@H]1COC(C)(C)O1. The van der Waals surface area contributed by atoms with Crippen LogP contribution in [0, 0.1) is 23.8 Å². The maximum absolute atomic E-state index is 5.76. The molecular formula is C17H26O2Si. The van der Waals surface area contributed by atoms with E-state index in [-0.39, 0.29) is 11.1 Å². The summed E-state index contributed by atoms with van der Waals surface area (Å²) >= 11 is 0. The molecule has 0 radical (unpaired) electrons. The second-order valence-electron chi connectivity index (χ2n) is 7.21. The van der Waals surface area contributed by atoms with Crippen molar-refractivity contribution in [2.45, 2.75) is 64.6 Å². The quantitative estimate of drug-likeness (QED) is 0.541. The van der Waals surface area contributed by atoms with Gasteiger partial charge in [0.25, 0.3) is 0 Å². The van der Waals surface area contributed by atoms with Crippen LogP contribution in [0.1, 0.15) is 34.6 Å². The van der Waals surface area contributed by atoms with Gasteiger partial charge < -0.3 is 9.47 Å². The highest BCUT2D eigenvalue weighted by atomic mass is 28.3. The number of rotatable bonds is 1. The summed E-state index contributed by atoms with van der Waals surface area (Å²) in [6.45, 7) is 15.6. The van der Waals surface area contributed by atoms with Gasteiger partial charge in [0.1, 0.15) is 14.2 Å². The molecule has 0 aromatic carbocycles. The van der Waals surface area contributed by atoms with E-state index in [4.69, 9.17) is 15.9 Å². The van der Waals surface area contributed by atoms with Gasteiger partial charge in [-0.15, -0.1) is 12.0 Å². The summed E-state index contributed by atoms with van der Waals surface area (Å²) in [6, 6.07) is 0. The molecular weight excluding hydrogens is 264 g/mol. The summed E-state index contributed by atoms with van der Waals surface area (Å²) in [4.78, 5) is 0. The predicted molar refractivity (Wildman–Crippen MR) is 86.8 cm³/mol. The first-order valence-corrected chi connectivity index (χ1v) is 10.00. The molecule has 0 unspecified atom stereocenters. The van der Waals surface area contributed by atoms with Gasteiger partial charge in [-0.1, -0.05) is 45.7 Å². The van der Waals surface area contributed by atoms with Crippen molar-refractivity contribution in [3.63, 3.8) is 0 Å². The van der Waals surface area contributed by atoms with Crippen LogP contribution in [0.5, 0.6) is 0 Å². The predicted octanol–water partition coefficient (Wildman–Crippen LogP) is 3.75. The van der Waals surface area contributed by atoms with E-state index in [0.717, 1.165) is 5.57 Å². The van der Waals surface area contributed by atoms with Crippen LogP contribution in [-0.4, -0.2) is 26.6 Å². The summed E-state index contributed by atoms with van der Waals surface area (Å²) in [5.41, 5.74) is 4.19. The van der Waals surface area contributed by atoms with Gasteiger partial charge in [0, 0.05) is 11.6 Å². The Balaban J connectivity index is 2.87. The summed E-state index contributed by atoms with van der Waals surface area (Å²) in [6.07, 6.45) is 7.20. The largest absolute Gasteiger partial charge is 0.347 e. The molecule has 110 valence electrons. The summed E-state index contributed by atoms with van der Waals surface area (Å²) in [5.74, 6) is 5.27. The lowest BCUT2D eigenvalue weighted by molar-refractivity contribution is -0.133. The Labute approximate surface area is 124 Å². The number of hydrogen-bond acceptors (Lipinski definition) is 2. The number of ether oxygens (including phenoxy) is 2. The summed E-state index contributed by atoms with van der Waals surface area (Å²) < 4.78 is 11.3. The molecule has 0 N–H and O–H groups in total. The van der Waals surface area contributed by atoms with Gasteiger partial charge in [0.05, 0.1) is 6.61 Å². The third-order valence-corrected chi connectivity index (χ3v) is 8.53. The third-order valence-electron chi connectivity index (χ3n) is 4.01. The monoisotopic (exact) mass is 290 g/mol. The maximum atomic E-state index is 5.76. The van der Waals surface area contributed by atoms with Crippen molar-refractivity contribution in [3.8, 4) is 23.8 Å². The zero-order valence-corrected chi connectivity index (χ0v) is 14.8. The number of terminal acetylenes is 1. The van der Waals surface area contributed by atoms with E-state index >= 15 is 0 Å². The van der Waals surface area contributed by atoms with Crippen molar-refractivity contribution >= 4 is 8.07 Å². The van der Waals surface area contributed by atoms with Crippen molar-refractivity contribution in [1.82, 2.24) is 0 Å². The third kappa shape index (κ3) is 4.25. The lowest BCUT2D eigenvalue weighted by Crippen LogP contribution is -2.35. The number of allylic oxidation sites excluding steroid dienone is 1. The molecule has 0 aliphatic carbocycles. The molecule has 20 heavy (non-hydrogen) atoms. The molecule has 0 amide bonds. The van der Waals surface area contributed by atoms with Gasteiger partial charge >= 0.3 is 0 Å². The fourth-order valence-electron chi connectivity index (χ4n) is 1.55. The average Bonchev–Trinajstić information content (AvgIpc) is 2.63. The van der Waals surface area contributed by atoms with Crippen LogP contribution >= 0.6 is 0 Å². The highest BCUT2D eigenvalue weighted by Gasteiger charge is 2.35. The molecule has 1 rings (SSSR count). The first kappa shape index (κ1) is 17.0. The lowest BCUT2D eigenvalue weighted by Gasteiger charge is -2.31. The van der Waals surface area contributed by atoms with E-state index < -0.39 is 13.9 Å². The van der Waals surface area contributed by atoms with Crippen LogP contribution < -0.4 is 0 Å². The van der Waals surface area contributed by atoms with Crippen LogP contribution in [0.3, 0.4) is 0 Å². The van der Waals surface area contributed by atoms with Gasteiger partial charge in [0.15, 0.2) is 5.79 Å². The Kier molecular flexibility index (Phi) is 4.93. The van der Waals surface area contributed by atoms with Gasteiger partial charge in [-0.25, -0.2) is 0 Å². The topological polar surface area (TPSA) is 18.5 Å². The normalized spacial score (nSPS) is 22.9. The standard InChI is InChI=1S/C17H26O2Si/c1-9-14(15-13-18-17(5,6)19-15)11-10-12-20(7,8)16(2,3)4/h1,11,15H,13H2,2-8H3/b14-11-/t15-/m0/s1. The Morgan fingerprint density at radius 1 is 1.35 bits per heavy atom. The summed E-state index contributed by atoms with van der Waals surface area (Å²) in [5, 5.41) is 0.249. The van der Waals surface area contributed by atoms with E-state index in [2.05, 4.69) is 51.2 Å². The molecule has 2 nitrogen and oxygen atoms in total. The van der Waals surface area contributed by atoms with E-state index in [1.54, 1.807) is 0 Å². The van der Waals surface area contributed by atoms with Crippen molar-refractivity contribution in [2.24, 2.45) is 0 Å². The molecule has 1 fully saturated rings. The smallest absolute Gasteiger partial charge is 0.163 e. The molecule has 0 spiro atoms. The zero-order valence-electron chi connectivity index (χ0n) is 13.8. The molecule has 0 aromatic heterocycles. The van der Waals surface area contributed by atoms with Gasteiger partial charge in [-0.3, -0.25) is 0 Å². The Hall–Kier alpha value is -1.00. The highest BCUT2D eigenvalue weighted by molar-refractivity contribution is 6.87. The van der Waals surface area contributed by atoms with Crippen LogP contribution in [-0.2, 0) is 9.47 Å². The lowest BCUT2D eigenvalue weighted by atomic mass is 10.1. The maximum Gasteiger partial charge on any atom is 0.163 e. The van der Waals surface area contributed by atoms with Gasteiger partial charge in [0.2, 0.25) is 0 Å². The number of hydrogen-bond donors (Lipinski definition) is 0. The molecule has 1 aliphatic rings. The first-order chi connectivity index (χ1) is 8.98. The second-order valence-corrected chi connectivity index (χ2v) is 12.2. The highest BCUT2D eigenvalue weighted by Crippen LogP contribution is 2.35. The molecule has 1 atom stereocenters. The molecule has 3 heteroatoms. The van der Waals surface area contributed by atoms with E-state index in [1.807, 2.05) is 19.9 Å². The van der Waals surface area contributed by atoms with E-state index in [0.29, 0.717) is 6.61 Å². The van der Waals surface area contributed by atoms with Crippen LogP contribution in [0.15, 0.2) is 11.6 Å².